The number of methoxy groups -OCH3 is 2. The summed E-state index contributed by atoms with van der Waals surface area (Å²) in [4.78, 5) is 15.1. The summed E-state index contributed by atoms with van der Waals surface area (Å²) in [6, 6.07) is 7.92. The van der Waals surface area contributed by atoms with Crippen molar-refractivity contribution in [3.8, 4) is 5.75 Å². The molecule has 0 bridgehead atoms. The molecule has 5 nitrogen and oxygen atoms in total. The molecule has 1 aliphatic heterocycles. The zero-order valence-corrected chi connectivity index (χ0v) is 15.2. The first-order valence-electron chi connectivity index (χ1n) is 8.77. The van der Waals surface area contributed by atoms with Crippen LogP contribution in [0, 0.1) is 11.7 Å². The first-order chi connectivity index (χ1) is 12.6. The minimum absolute atomic E-state index is 0.0643. The Morgan fingerprint density at radius 1 is 1.27 bits per heavy atom. The first kappa shape index (κ1) is 18.6. The fraction of sp³-hybridized carbons (Fsp3) is 0.450. The van der Waals surface area contributed by atoms with E-state index in [2.05, 4.69) is 4.90 Å². The molecule has 1 aromatic heterocycles. The smallest absolute Gasteiger partial charge is 0.171 e. The predicted molar refractivity (Wildman–Crippen MR) is 94.7 cm³/mol. The van der Waals surface area contributed by atoms with Crippen LogP contribution in [0.5, 0.6) is 5.75 Å². The molecule has 1 saturated heterocycles. The molecule has 1 fully saturated rings. The van der Waals surface area contributed by atoms with Crippen LogP contribution in [-0.2, 0) is 17.9 Å². The molecule has 0 N–H and O–H groups in total. The highest BCUT2D eigenvalue weighted by molar-refractivity contribution is 6.00. The van der Waals surface area contributed by atoms with Gasteiger partial charge in [0.05, 0.1) is 19.2 Å². The molecule has 1 aromatic carbocycles. The monoisotopic (exact) mass is 361 g/mol. The zero-order chi connectivity index (χ0) is 18.5. The number of likely N-dealkylation sites (tertiary alicyclic amines) is 1. The van der Waals surface area contributed by atoms with Gasteiger partial charge >= 0.3 is 0 Å². The third-order valence-corrected chi connectivity index (χ3v) is 4.69. The van der Waals surface area contributed by atoms with Gasteiger partial charge in [0.25, 0.3) is 0 Å². The number of ether oxygens (including phenoxy) is 2. The van der Waals surface area contributed by atoms with Gasteiger partial charge in [-0.05, 0) is 49.7 Å². The van der Waals surface area contributed by atoms with Gasteiger partial charge in [-0.15, -0.1) is 0 Å². The number of carbonyl (C=O) groups excluding carboxylic acids is 1. The van der Waals surface area contributed by atoms with E-state index in [9.17, 15) is 9.18 Å². The number of hydrogen-bond acceptors (Lipinski definition) is 5. The second-order valence-electron chi connectivity index (χ2n) is 6.58. The topological polar surface area (TPSA) is 51.9 Å². The highest BCUT2D eigenvalue weighted by Crippen LogP contribution is 2.27. The van der Waals surface area contributed by atoms with Gasteiger partial charge in [0.2, 0.25) is 0 Å². The van der Waals surface area contributed by atoms with Crippen LogP contribution >= 0.6 is 0 Å². The van der Waals surface area contributed by atoms with Gasteiger partial charge in [-0.1, -0.05) is 0 Å². The molecule has 1 atom stereocenters. The molecular weight excluding hydrogens is 337 g/mol. The van der Waals surface area contributed by atoms with Crippen LogP contribution in [0.15, 0.2) is 34.7 Å². The Hall–Kier alpha value is -2.18. The predicted octanol–water partition coefficient (Wildman–Crippen LogP) is 3.67. The van der Waals surface area contributed by atoms with Crippen molar-refractivity contribution in [1.82, 2.24) is 4.90 Å². The van der Waals surface area contributed by atoms with Gasteiger partial charge < -0.3 is 13.9 Å². The molecule has 0 radical (unpaired) electrons. The van der Waals surface area contributed by atoms with Crippen LogP contribution in [0.3, 0.4) is 0 Å². The van der Waals surface area contributed by atoms with Gasteiger partial charge in [-0.3, -0.25) is 9.69 Å². The van der Waals surface area contributed by atoms with E-state index < -0.39 is 5.82 Å². The highest BCUT2D eigenvalue weighted by Gasteiger charge is 2.29. The maximum absolute atomic E-state index is 13.6. The van der Waals surface area contributed by atoms with Crippen LogP contribution in [0.1, 0.15) is 34.7 Å². The Labute approximate surface area is 152 Å². The van der Waals surface area contributed by atoms with Gasteiger partial charge in [-0.2, -0.15) is 0 Å². The molecule has 1 aliphatic rings. The fourth-order valence-electron chi connectivity index (χ4n) is 3.45. The molecule has 2 aromatic rings. The largest absolute Gasteiger partial charge is 0.496 e. The number of benzene rings is 1. The van der Waals surface area contributed by atoms with Crippen molar-refractivity contribution >= 4 is 5.78 Å². The molecular formula is C20H24FNO4. The number of carbonyl (C=O) groups is 1. The standard InChI is InChI=1S/C20H24FNO4/c1-24-13-17-7-6-16(26-17)12-22-9-3-4-14(11-22)20(23)18-10-15(21)5-8-19(18)25-2/h5-8,10,14H,3-4,9,11-13H2,1-2H3/t14-/m0/s1. The minimum Gasteiger partial charge on any atom is -0.496 e. The van der Waals surface area contributed by atoms with Crippen LogP contribution < -0.4 is 4.74 Å². The lowest BCUT2D eigenvalue weighted by Gasteiger charge is -2.31. The number of rotatable bonds is 7. The number of hydrogen-bond donors (Lipinski definition) is 0. The summed E-state index contributed by atoms with van der Waals surface area (Å²) >= 11 is 0. The van der Waals surface area contributed by atoms with Crippen LogP contribution in [0.4, 0.5) is 4.39 Å². The van der Waals surface area contributed by atoms with E-state index in [0.717, 1.165) is 30.9 Å². The third-order valence-electron chi connectivity index (χ3n) is 4.69. The minimum atomic E-state index is -0.428. The Kier molecular flexibility index (Phi) is 6.06. The van der Waals surface area contributed by atoms with E-state index in [0.29, 0.717) is 31.0 Å². The number of Topliss-reactive ketones (excluding diaryl/α,β-unsaturated/α-hetero) is 1. The summed E-state index contributed by atoms with van der Waals surface area (Å²) in [7, 11) is 3.12. The number of nitrogens with zero attached hydrogens (tertiary/aromatic N) is 1. The number of piperidine rings is 1. The van der Waals surface area contributed by atoms with Crippen molar-refractivity contribution in [2.45, 2.75) is 26.0 Å². The molecule has 0 spiro atoms. The zero-order valence-electron chi connectivity index (χ0n) is 15.2. The first-order valence-corrected chi connectivity index (χ1v) is 8.77. The average molecular weight is 361 g/mol. The summed E-state index contributed by atoms with van der Waals surface area (Å²) in [6.45, 7) is 2.62. The molecule has 2 heterocycles. The highest BCUT2D eigenvalue weighted by atomic mass is 19.1. The van der Waals surface area contributed by atoms with Crippen LogP contribution in [-0.4, -0.2) is 38.0 Å². The Morgan fingerprint density at radius 3 is 2.85 bits per heavy atom. The van der Waals surface area contributed by atoms with E-state index in [1.54, 1.807) is 7.11 Å². The lowest BCUT2D eigenvalue weighted by atomic mass is 9.89. The second-order valence-corrected chi connectivity index (χ2v) is 6.58. The van der Waals surface area contributed by atoms with Gasteiger partial charge in [0.15, 0.2) is 5.78 Å². The maximum atomic E-state index is 13.6. The van der Waals surface area contributed by atoms with E-state index >= 15 is 0 Å². The summed E-state index contributed by atoms with van der Waals surface area (Å²) in [6.07, 6.45) is 1.71. The molecule has 0 saturated carbocycles. The molecule has 0 amide bonds. The number of halogens is 1. The SMILES string of the molecule is COCc1ccc(CN2CCC[C@H](C(=O)c3cc(F)ccc3OC)C2)o1. The van der Waals surface area contributed by atoms with Gasteiger partial charge in [0, 0.05) is 19.6 Å². The van der Waals surface area contributed by atoms with Crippen molar-refractivity contribution < 1.29 is 23.1 Å². The van der Waals surface area contributed by atoms with Crippen molar-refractivity contribution in [2.75, 3.05) is 27.3 Å². The second kappa shape index (κ2) is 8.47. The molecule has 140 valence electrons. The Balaban J connectivity index is 1.67. The fourth-order valence-corrected chi connectivity index (χ4v) is 3.45. The molecule has 3 rings (SSSR count). The van der Waals surface area contributed by atoms with E-state index in [1.807, 2.05) is 12.1 Å². The summed E-state index contributed by atoms with van der Waals surface area (Å²) in [5, 5.41) is 0. The van der Waals surface area contributed by atoms with E-state index in [1.165, 1.54) is 25.3 Å². The molecule has 26 heavy (non-hydrogen) atoms. The lowest BCUT2D eigenvalue weighted by molar-refractivity contribution is 0.0796. The van der Waals surface area contributed by atoms with Crippen molar-refractivity contribution in [2.24, 2.45) is 5.92 Å². The number of furan rings is 1. The lowest BCUT2D eigenvalue weighted by Crippen LogP contribution is -2.38. The van der Waals surface area contributed by atoms with Crippen LogP contribution in [0.2, 0.25) is 0 Å². The summed E-state index contributed by atoms with van der Waals surface area (Å²) in [5.41, 5.74) is 0.319. The number of ketones is 1. The van der Waals surface area contributed by atoms with E-state index in [4.69, 9.17) is 13.9 Å². The van der Waals surface area contributed by atoms with Crippen LogP contribution in [0.25, 0.3) is 0 Å². The summed E-state index contributed by atoms with van der Waals surface area (Å²) in [5.74, 6) is 1.40. The van der Waals surface area contributed by atoms with Gasteiger partial charge in [0.1, 0.15) is 29.7 Å². The Bertz CT molecular complexity index is 758. The Morgan fingerprint density at radius 2 is 2.08 bits per heavy atom. The van der Waals surface area contributed by atoms with E-state index in [-0.39, 0.29) is 11.7 Å². The van der Waals surface area contributed by atoms with Gasteiger partial charge in [-0.25, -0.2) is 4.39 Å². The average Bonchev–Trinajstić information content (AvgIpc) is 3.08. The molecule has 0 aliphatic carbocycles. The third kappa shape index (κ3) is 4.31. The summed E-state index contributed by atoms with van der Waals surface area (Å²) < 4.78 is 29.6. The van der Waals surface area contributed by atoms with Crippen molar-refractivity contribution in [1.29, 1.82) is 0 Å². The van der Waals surface area contributed by atoms with Crippen molar-refractivity contribution in [3.05, 3.63) is 53.2 Å². The molecule has 0 unspecified atom stereocenters. The normalized spacial score (nSPS) is 18.0. The maximum Gasteiger partial charge on any atom is 0.171 e. The molecule has 6 heteroatoms. The van der Waals surface area contributed by atoms with Crippen molar-refractivity contribution in [3.63, 3.8) is 0 Å². The quantitative estimate of drug-likeness (QED) is 0.705.